The third kappa shape index (κ3) is 2.66. The first kappa shape index (κ1) is 13.3. The van der Waals surface area contributed by atoms with Gasteiger partial charge in [-0.15, -0.1) is 12.4 Å². The maximum Gasteiger partial charge on any atom is 0.241 e. The lowest BCUT2D eigenvalue weighted by Crippen LogP contribution is -2.35. The highest BCUT2D eigenvalue weighted by molar-refractivity contribution is 5.95. The third-order valence-electron chi connectivity index (χ3n) is 3.37. The summed E-state index contributed by atoms with van der Waals surface area (Å²) in [5.41, 5.74) is 3.28. The molecule has 1 aromatic rings. The van der Waals surface area contributed by atoms with E-state index in [1.165, 1.54) is 11.1 Å². The van der Waals surface area contributed by atoms with Gasteiger partial charge in [0.2, 0.25) is 5.91 Å². The minimum atomic E-state index is -0.0282. The highest BCUT2D eigenvalue weighted by Crippen LogP contribution is 2.23. The van der Waals surface area contributed by atoms with Crippen LogP contribution in [0.3, 0.4) is 0 Å². The number of nitrogens with one attached hydrogen (secondary N) is 2. The van der Waals surface area contributed by atoms with Crippen LogP contribution in [0.1, 0.15) is 24.0 Å². The number of anilines is 1. The molecule has 1 saturated heterocycles. The Morgan fingerprint density at radius 3 is 2.94 bits per heavy atom. The lowest BCUT2D eigenvalue weighted by molar-refractivity contribution is -0.117. The molecule has 5 heteroatoms. The Balaban J connectivity index is 0.00000120. The van der Waals surface area contributed by atoms with E-state index in [1.54, 1.807) is 0 Å². The lowest BCUT2D eigenvalue weighted by Gasteiger charge is -2.11. The van der Waals surface area contributed by atoms with Gasteiger partial charge in [-0.3, -0.25) is 4.79 Å². The number of hydrogen-bond acceptors (Lipinski definition) is 3. The van der Waals surface area contributed by atoms with E-state index in [9.17, 15) is 4.79 Å². The van der Waals surface area contributed by atoms with Gasteiger partial charge in [0.05, 0.1) is 19.3 Å². The molecule has 1 aromatic carbocycles. The smallest absolute Gasteiger partial charge is 0.241 e. The molecule has 3 rings (SSSR count). The van der Waals surface area contributed by atoms with Crippen molar-refractivity contribution < 1.29 is 9.53 Å². The molecule has 1 fully saturated rings. The topological polar surface area (TPSA) is 50.4 Å². The Hall–Kier alpha value is -1.10. The molecule has 1 unspecified atom stereocenters. The van der Waals surface area contributed by atoms with Crippen molar-refractivity contribution in [1.82, 2.24) is 5.32 Å². The minimum Gasteiger partial charge on any atom is -0.372 e. The molecule has 0 saturated carbocycles. The van der Waals surface area contributed by atoms with E-state index >= 15 is 0 Å². The van der Waals surface area contributed by atoms with E-state index in [4.69, 9.17) is 4.74 Å². The van der Waals surface area contributed by atoms with Crippen molar-refractivity contribution in [3.05, 3.63) is 29.3 Å². The molecule has 4 nitrogen and oxygen atoms in total. The van der Waals surface area contributed by atoms with Crippen LogP contribution in [0.15, 0.2) is 18.2 Å². The van der Waals surface area contributed by atoms with Crippen LogP contribution in [0.4, 0.5) is 5.69 Å². The standard InChI is InChI=1S/C13H16N2O2.ClH/c16-13(12-2-1-5-14-12)15-11-4-3-9-7-17-8-10(9)6-11;/h3-4,6,12,14H,1-2,5,7-8H2,(H,15,16);1H. The van der Waals surface area contributed by atoms with Gasteiger partial charge >= 0.3 is 0 Å². The summed E-state index contributed by atoms with van der Waals surface area (Å²) in [7, 11) is 0. The van der Waals surface area contributed by atoms with Crippen molar-refractivity contribution in [2.45, 2.75) is 32.1 Å². The molecular formula is C13H17ClN2O2. The van der Waals surface area contributed by atoms with Crippen LogP contribution >= 0.6 is 12.4 Å². The normalized spacial score (nSPS) is 21.2. The summed E-state index contributed by atoms with van der Waals surface area (Å²) in [5.74, 6) is 0.0707. The van der Waals surface area contributed by atoms with Crippen molar-refractivity contribution in [3.8, 4) is 0 Å². The number of fused-ring (bicyclic) bond motifs is 1. The fourth-order valence-corrected chi connectivity index (χ4v) is 2.39. The zero-order chi connectivity index (χ0) is 11.7. The fourth-order valence-electron chi connectivity index (χ4n) is 2.39. The Labute approximate surface area is 113 Å². The minimum absolute atomic E-state index is 0. The number of amides is 1. The molecular weight excluding hydrogens is 252 g/mol. The van der Waals surface area contributed by atoms with Gasteiger partial charge in [0.1, 0.15) is 0 Å². The summed E-state index contributed by atoms with van der Waals surface area (Å²) in [6.45, 7) is 2.28. The SMILES string of the molecule is Cl.O=C(Nc1ccc2c(c1)COC2)C1CCCN1. The van der Waals surface area contributed by atoms with Gasteiger partial charge in [0.15, 0.2) is 0 Å². The Bertz CT molecular complexity index is 445. The summed E-state index contributed by atoms with van der Waals surface area (Å²) in [5, 5.41) is 6.15. The summed E-state index contributed by atoms with van der Waals surface area (Å²) in [6.07, 6.45) is 2.01. The Morgan fingerprint density at radius 2 is 2.17 bits per heavy atom. The quantitative estimate of drug-likeness (QED) is 0.860. The predicted octanol–water partition coefficient (Wildman–Crippen LogP) is 1.83. The van der Waals surface area contributed by atoms with Crippen LogP contribution in [-0.2, 0) is 22.7 Å². The molecule has 0 spiro atoms. The van der Waals surface area contributed by atoms with E-state index in [-0.39, 0.29) is 24.4 Å². The number of carbonyl (C=O) groups is 1. The summed E-state index contributed by atoms with van der Waals surface area (Å²) in [6, 6.07) is 5.95. The van der Waals surface area contributed by atoms with Crippen molar-refractivity contribution in [2.75, 3.05) is 11.9 Å². The van der Waals surface area contributed by atoms with Crippen LogP contribution in [0.5, 0.6) is 0 Å². The van der Waals surface area contributed by atoms with Gasteiger partial charge in [-0.2, -0.15) is 0 Å². The number of benzene rings is 1. The first-order chi connectivity index (χ1) is 8.33. The number of halogens is 1. The Kier molecular flexibility index (Phi) is 4.22. The molecule has 18 heavy (non-hydrogen) atoms. The number of carbonyl (C=O) groups excluding carboxylic acids is 1. The second-order valence-electron chi connectivity index (χ2n) is 4.61. The molecule has 1 atom stereocenters. The Morgan fingerprint density at radius 1 is 1.33 bits per heavy atom. The van der Waals surface area contributed by atoms with Gasteiger partial charge in [0.25, 0.3) is 0 Å². The maximum atomic E-state index is 11.9. The zero-order valence-electron chi connectivity index (χ0n) is 10.1. The third-order valence-corrected chi connectivity index (χ3v) is 3.37. The average Bonchev–Trinajstić information content (AvgIpc) is 2.99. The van der Waals surface area contributed by atoms with Gasteiger partial charge in [-0.1, -0.05) is 6.07 Å². The van der Waals surface area contributed by atoms with E-state index in [0.29, 0.717) is 13.2 Å². The zero-order valence-corrected chi connectivity index (χ0v) is 10.9. The van der Waals surface area contributed by atoms with Crippen molar-refractivity contribution >= 4 is 24.0 Å². The first-order valence-corrected chi connectivity index (χ1v) is 6.07. The van der Waals surface area contributed by atoms with Crippen LogP contribution in [0, 0.1) is 0 Å². The molecule has 2 N–H and O–H groups in total. The molecule has 0 aromatic heterocycles. The second kappa shape index (κ2) is 5.69. The predicted molar refractivity (Wildman–Crippen MR) is 71.8 cm³/mol. The highest BCUT2D eigenvalue weighted by atomic mass is 35.5. The second-order valence-corrected chi connectivity index (χ2v) is 4.61. The van der Waals surface area contributed by atoms with Gasteiger partial charge in [0, 0.05) is 5.69 Å². The van der Waals surface area contributed by atoms with Gasteiger partial charge < -0.3 is 15.4 Å². The molecule has 0 radical (unpaired) electrons. The highest BCUT2D eigenvalue weighted by Gasteiger charge is 2.22. The van der Waals surface area contributed by atoms with E-state index in [0.717, 1.165) is 25.1 Å². The van der Waals surface area contributed by atoms with E-state index in [1.807, 2.05) is 18.2 Å². The van der Waals surface area contributed by atoms with Crippen molar-refractivity contribution in [1.29, 1.82) is 0 Å². The molecule has 0 aliphatic carbocycles. The van der Waals surface area contributed by atoms with Crippen molar-refractivity contribution in [3.63, 3.8) is 0 Å². The van der Waals surface area contributed by atoms with Crippen molar-refractivity contribution in [2.24, 2.45) is 0 Å². The van der Waals surface area contributed by atoms with E-state index in [2.05, 4.69) is 10.6 Å². The van der Waals surface area contributed by atoms with Crippen LogP contribution in [0.25, 0.3) is 0 Å². The van der Waals surface area contributed by atoms with Gasteiger partial charge in [-0.05, 0) is 42.6 Å². The average molecular weight is 269 g/mol. The van der Waals surface area contributed by atoms with Crippen LogP contribution in [-0.4, -0.2) is 18.5 Å². The number of hydrogen-bond donors (Lipinski definition) is 2. The summed E-state index contributed by atoms with van der Waals surface area (Å²) >= 11 is 0. The van der Waals surface area contributed by atoms with E-state index < -0.39 is 0 Å². The molecule has 2 aliphatic rings. The molecule has 0 bridgehead atoms. The number of rotatable bonds is 2. The maximum absolute atomic E-state index is 11.9. The molecule has 1 amide bonds. The monoisotopic (exact) mass is 268 g/mol. The number of ether oxygens (including phenoxy) is 1. The summed E-state index contributed by atoms with van der Waals surface area (Å²) in [4.78, 5) is 11.9. The van der Waals surface area contributed by atoms with Crippen LogP contribution in [0.2, 0.25) is 0 Å². The lowest BCUT2D eigenvalue weighted by atomic mass is 10.1. The van der Waals surface area contributed by atoms with Crippen LogP contribution < -0.4 is 10.6 Å². The molecule has 98 valence electrons. The molecule has 2 aliphatic heterocycles. The summed E-state index contributed by atoms with van der Waals surface area (Å²) < 4.78 is 5.35. The first-order valence-electron chi connectivity index (χ1n) is 6.07. The van der Waals surface area contributed by atoms with Gasteiger partial charge in [-0.25, -0.2) is 0 Å². The largest absolute Gasteiger partial charge is 0.372 e. The fraction of sp³-hybridized carbons (Fsp3) is 0.462. The molecule has 2 heterocycles.